The van der Waals surface area contributed by atoms with E-state index in [-0.39, 0.29) is 17.9 Å². The van der Waals surface area contributed by atoms with E-state index < -0.39 is 0 Å². The van der Waals surface area contributed by atoms with Crippen LogP contribution in [0.2, 0.25) is 0 Å². The number of benzene rings is 1. The van der Waals surface area contributed by atoms with Crippen LogP contribution < -0.4 is 5.32 Å². The zero-order valence-corrected chi connectivity index (χ0v) is 14.3. The van der Waals surface area contributed by atoms with Crippen LogP contribution in [0.15, 0.2) is 18.2 Å². The van der Waals surface area contributed by atoms with E-state index in [1.807, 2.05) is 14.0 Å². The Morgan fingerprint density at radius 1 is 1.43 bits per heavy atom. The Morgan fingerprint density at radius 2 is 2.22 bits per heavy atom. The maximum atomic E-state index is 13.2. The normalized spacial score (nSPS) is 16.8. The largest absolute Gasteiger partial charge is 0.322 e. The van der Waals surface area contributed by atoms with E-state index in [2.05, 4.69) is 10.3 Å². The molecule has 1 aromatic heterocycles. The molecule has 0 bridgehead atoms. The minimum Gasteiger partial charge on any atom is -0.320 e. The number of anilines is 1. The Labute approximate surface area is 139 Å². The highest BCUT2D eigenvalue weighted by atomic mass is 32.1. The molecule has 2 aromatic rings. The molecule has 1 aromatic carbocycles. The summed E-state index contributed by atoms with van der Waals surface area (Å²) in [5, 5.41) is 3.92. The lowest BCUT2D eigenvalue weighted by atomic mass is 9.97. The minimum atomic E-state index is -0.300. The van der Waals surface area contributed by atoms with Crippen molar-refractivity contribution < 1.29 is 9.18 Å². The van der Waals surface area contributed by atoms with Crippen LogP contribution in [0.4, 0.5) is 14.9 Å². The van der Waals surface area contributed by atoms with Gasteiger partial charge in [0.15, 0.2) is 0 Å². The van der Waals surface area contributed by atoms with Gasteiger partial charge in [-0.1, -0.05) is 0 Å². The number of aryl methyl sites for hydroxylation is 3. The molecule has 3 rings (SSSR count). The van der Waals surface area contributed by atoms with Gasteiger partial charge in [-0.05, 0) is 56.9 Å². The molecule has 1 atom stereocenters. The Hall–Kier alpha value is -1.95. The molecular weight excluding hydrogens is 313 g/mol. The number of thiazole rings is 1. The number of urea groups is 1. The number of carbonyl (C=O) groups is 1. The highest BCUT2D eigenvalue weighted by molar-refractivity contribution is 7.11. The van der Waals surface area contributed by atoms with E-state index in [4.69, 9.17) is 0 Å². The number of hydrogen-bond acceptors (Lipinski definition) is 3. The fourth-order valence-corrected chi connectivity index (χ4v) is 4.15. The van der Waals surface area contributed by atoms with E-state index in [9.17, 15) is 9.18 Å². The van der Waals surface area contributed by atoms with Gasteiger partial charge in [-0.25, -0.2) is 14.2 Å². The van der Waals surface area contributed by atoms with Crippen molar-refractivity contribution in [3.8, 4) is 0 Å². The van der Waals surface area contributed by atoms with Crippen molar-refractivity contribution >= 4 is 23.1 Å². The fourth-order valence-electron chi connectivity index (χ4n) is 3.00. The first-order chi connectivity index (χ1) is 11.0. The number of hydrogen-bond donors (Lipinski definition) is 1. The topological polar surface area (TPSA) is 45.2 Å². The van der Waals surface area contributed by atoms with Gasteiger partial charge in [0.2, 0.25) is 0 Å². The number of amides is 2. The van der Waals surface area contributed by atoms with Crippen molar-refractivity contribution in [1.82, 2.24) is 9.88 Å². The number of carbonyl (C=O) groups excluding carboxylic acids is 1. The average Bonchev–Trinajstić information content (AvgIpc) is 2.89. The molecule has 0 radical (unpaired) electrons. The standard InChI is InChI=1S/C17H20FN3OS/c1-10-9-12(18)7-8-13(10)20-17(22)21(3)15-6-4-5-14-16(15)23-11(2)19-14/h7-9,15H,4-6H2,1-3H3,(H,20,22). The van der Waals surface area contributed by atoms with Crippen molar-refractivity contribution in [2.75, 3.05) is 12.4 Å². The first-order valence-electron chi connectivity index (χ1n) is 7.72. The fraction of sp³-hybridized carbons (Fsp3) is 0.412. The highest BCUT2D eigenvalue weighted by Crippen LogP contribution is 2.37. The summed E-state index contributed by atoms with van der Waals surface area (Å²) in [6, 6.07) is 4.25. The van der Waals surface area contributed by atoms with Gasteiger partial charge in [-0.2, -0.15) is 0 Å². The van der Waals surface area contributed by atoms with Gasteiger partial charge >= 0.3 is 6.03 Å². The molecule has 0 spiro atoms. The lowest BCUT2D eigenvalue weighted by Crippen LogP contribution is -2.36. The second-order valence-corrected chi connectivity index (χ2v) is 7.19. The third-order valence-corrected chi connectivity index (χ3v) is 5.36. The molecule has 1 unspecified atom stereocenters. The van der Waals surface area contributed by atoms with Crippen molar-refractivity contribution in [3.63, 3.8) is 0 Å². The minimum absolute atomic E-state index is 0.0608. The lowest BCUT2D eigenvalue weighted by molar-refractivity contribution is 0.198. The molecule has 0 saturated carbocycles. The first kappa shape index (κ1) is 15.9. The molecule has 1 aliphatic rings. The van der Waals surface area contributed by atoms with Gasteiger partial charge in [-0.3, -0.25) is 0 Å². The molecule has 23 heavy (non-hydrogen) atoms. The van der Waals surface area contributed by atoms with Crippen molar-refractivity contribution in [1.29, 1.82) is 0 Å². The Morgan fingerprint density at radius 3 is 2.96 bits per heavy atom. The number of fused-ring (bicyclic) bond motifs is 1. The van der Waals surface area contributed by atoms with Gasteiger partial charge in [0.1, 0.15) is 5.82 Å². The van der Waals surface area contributed by atoms with E-state index in [0.717, 1.165) is 30.0 Å². The van der Waals surface area contributed by atoms with E-state index >= 15 is 0 Å². The number of aromatic nitrogens is 1. The van der Waals surface area contributed by atoms with Crippen LogP contribution in [-0.2, 0) is 6.42 Å². The molecule has 0 fully saturated rings. The molecule has 0 saturated heterocycles. The molecule has 1 heterocycles. The number of halogens is 1. The summed E-state index contributed by atoms with van der Waals surface area (Å²) < 4.78 is 13.2. The maximum Gasteiger partial charge on any atom is 0.322 e. The average molecular weight is 333 g/mol. The third kappa shape index (κ3) is 3.22. The Balaban J connectivity index is 1.78. The highest BCUT2D eigenvalue weighted by Gasteiger charge is 2.29. The number of rotatable bonds is 2. The summed E-state index contributed by atoms with van der Waals surface area (Å²) in [5.41, 5.74) is 2.48. The quantitative estimate of drug-likeness (QED) is 0.883. The first-order valence-corrected chi connectivity index (χ1v) is 8.53. The van der Waals surface area contributed by atoms with Gasteiger partial charge in [0, 0.05) is 12.7 Å². The summed E-state index contributed by atoms with van der Waals surface area (Å²) in [6.07, 6.45) is 2.97. The van der Waals surface area contributed by atoms with Crippen LogP contribution in [0.1, 0.15) is 40.0 Å². The zero-order valence-electron chi connectivity index (χ0n) is 13.5. The summed E-state index contributed by atoms with van der Waals surface area (Å²) in [4.78, 5) is 20.1. The molecule has 122 valence electrons. The SMILES string of the molecule is Cc1nc2c(s1)C(N(C)C(=O)Nc1ccc(F)cc1C)CCC2. The van der Waals surface area contributed by atoms with Gasteiger partial charge in [0.25, 0.3) is 0 Å². The van der Waals surface area contributed by atoms with Gasteiger partial charge < -0.3 is 10.2 Å². The zero-order chi connectivity index (χ0) is 16.6. The lowest BCUT2D eigenvalue weighted by Gasteiger charge is -2.30. The predicted octanol–water partition coefficient (Wildman–Crippen LogP) is 4.44. The molecule has 6 heteroatoms. The second-order valence-electron chi connectivity index (χ2n) is 5.95. The molecule has 1 N–H and O–H groups in total. The van der Waals surface area contributed by atoms with Gasteiger partial charge in [0.05, 0.1) is 21.6 Å². The van der Waals surface area contributed by atoms with Gasteiger partial charge in [-0.15, -0.1) is 11.3 Å². The number of nitrogens with one attached hydrogen (secondary N) is 1. The predicted molar refractivity (Wildman–Crippen MR) is 90.4 cm³/mol. The monoisotopic (exact) mass is 333 g/mol. The van der Waals surface area contributed by atoms with E-state index in [1.54, 1.807) is 29.2 Å². The molecule has 4 nitrogen and oxygen atoms in total. The van der Waals surface area contributed by atoms with Crippen LogP contribution in [0.25, 0.3) is 0 Å². The van der Waals surface area contributed by atoms with E-state index in [1.165, 1.54) is 17.0 Å². The smallest absolute Gasteiger partial charge is 0.320 e. The van der Waals surface area contributed by atoms with Crippen LogP contribution in [0.3, 0.4) is 0 Å². The van der Waals surface area contributed by atoms with Crippen LogP contribution in [-0.4, -0.2) is 23.0 Å². The molecule has 2 amide bonds. The Bertz CT molecular complexity index is 743. The summed E-state index contributed by atoms with van der Waals surface area (Å²) in [5.74, 6) is -0.300. The van der Waals surface area contributed by atoms with Crippen molar-refractivity contribution in [2.24, 2.45) is 0 Å². The van der Waals surface area contributed by atoms with E-state index in [0.29, 0.717) is 11.3 Å². The number of nitrogens with zero attached hydrogens (tertiary/aromatic N) is 2. The Kier molecular flexibility index (Phi) is 4.35. The molecular formula is C17H20FN3OS. The van der Waals surface area contributed by atoms with Crippen molar-refractivity contribution in [3.05, 3.63) is 45.2 Å². The molecule has 1 aliphatic carbocycles. The van der Waals surface area contributed by atoms with Crippen molar-refractivity contribution in [2.45, 2.75) is 39.2 Å². The maximum absolute atomic E-state index is 13.2. The van der Waals surface area contributed by atoms with Crippen LogP contribution in [0, 0.1) is 19.7 Å². The summed E-state index contributed by atoms with van der Waals surface area (Å²) in [6.45, 7) is 3.78. The third-order valence-electron chi connectivity index (χ3n) is 4.25. The molecule has 0 aliphatic heterocycles. The van der Waals surface area contributed by atoms with Crippen LogP contribution >= 0.6 is 11.3 Å². The van der Waals surface area contributed by atoms with Crippen LogP contribution in [0.5, 0.6) is 0 Å². The second kappa shape index (κ2) is 6.28. The summed E-state index contributed by atoms with van der Waals surface area (Å²) in [7, 11) is 1.81. The summed E-state index contributed by atoms with van der Waals surface area (Å²) >= 11 is 1.67.